The molecule has 1 rings (SSSR count). The van der Waals surface area contributed by atoms with Crippen LogP contribution in [-0.4, -0.2) is 32.6 Å². The summed E-state index contributed by atoms with van der Waals surface area (Å²) < 4.78 is 0. The fraction of sp³-hybridized carbons (Fsp3) is 0.750. The molecule has 1 N–H and O–H groups in total. The van der Waals surface area contributed by atoms with Gasteiger partial charge in [-0.15, -0.1) is 0 Å². The van der Waals surface area contributed by atoms with Crippen molar-refractivity contribution in [3.05, 3.63) is 12.3 Å². The topological polar surface area (TPSA) is 15.3 Å². The summed E-state index contributed by atoms with van der Waals surface area (Å²) in [6, 6.07) is 0. The van der Waals surface area contributed by atoms with Gasteiger partial charge in [0.2, 0.25) is 0 Å². The normalized spacial score (nSPS) is 16.2. The summed E-state index contributed by atoms with van der Waals surface area (Å²) in [5.41, 5.74) is 1.20. The number of hydrogen-bond donors (Lipinski definition) is 1. The lowest BCUT2D eigenvalue weighted by Crippen LogP contribution is -2.00. The number of rotatable bonds is 0. The van der Waals surface area contributed by atoms with Gasteiger partial charge in [0.25, 0.3) is 0 Å². The SMILES string of the molecule is C=C1CCCN1.CN(C)C. The van der Waals surface area contributed by atoms with Crippen molar-refractivity contribution in [3.8, 4) is 0 Å². The van der Waals surface area contributed by atoms with E-state index >= 15 is 0 Å². The number of allylic oxidation sites excluding steroid dienone is 1. The lowest BCUT2D eigenvalue weighted by atomic mass is 10.3. The van der Waals surface area contributed by atoms with Gasteiger partial charge in [-0.25, -0.2) is 0 Å². The van der Waals surface area contributed by atoms with Gasteiger partial charge < -0.3 is 10.2 Å². The molecule has 2 heteroatoms. The number of hydrogen-bond acceptors (Lipinski definition) is 2. The summed E-state index contributed by atoms with van der Waals surface area (Å²) in [4.78, 5) is 2.00. The summed E-state index contributed by atoms with van der Waals surface area (Å²) in [6.45, 7) is 4.88. The minimum absolute atomic E-state index is 1.14. The van der Waals surface area contributed by atoms with Crippen LogP contribution in [0.1, 0.15) is 12.8 Å². The third-order valence-corrected chi connectivity index (χ3v) is 1.03. The Labute approximate surface area is 63.9 Å². The monoisotopic (exact) mass is 142 g/mol. The first-order valence-corrected chi connectivity index (χ1v) is 3.65. The van der Waals surface area contributed by atoms with Gasteiger partial charge in [0.1, 0.15) is 0 Å². The molecule has 1 aliphatic rings. The van der Waals surface area contributed by atoms with Gasteiger partial charge in [0.15, 0.2) is 0 Å². The van der Waals surface area contributed by atoms with Crippen LogP contribution in [0, 0.1) is 0 Å². The summed E-state index contributed by atoms with van der Waals surface area (Å²) in [5, 5.41) is 3.12. The Bertz CT molecular complexity index is 86.7. The smallest absolute Gasteiger partial charge is 0.0147 e. The molecule has 1 saturated heterocycles. The molecule has 0 aromatic rings. The van der Waals surface area contributed by atoms with E-state index in [0.717, 1.165) is 6.54 Å². The molecule has 1 heterocycles. The predicted octanol–water partition coefficient (Wildman–Crippen LogP) is 1.06. The quantitative estimate of drug-likeness (QED) is 0.544. The van der Waals surface area contributed by atoms with Gasteiger partial charge >= 0.3 is 0 Å². The summed E-state index contributed by atoms with van der Waals surface area (Å²) >= 11 is 0. The van der Waals surface area contributed by atoms with E-state index < -0.39 is 0 Å². The first kappa shape index (κ1) is 9.50. The van der Waals surface area contributed by atoms with Gasteiger partial charge in [0.05, 0.1) is 0 Å². The van der Waals surface area contributed by atoms with Crippen molar-refractivity contribution in [2.75, 3.05) is 27.7 Å². The standard InChI is InChI=1S/C5H9N.C3H9N/c1-5-3-2-4-6-5;1-4(2)3/h6H,1-4H2;1-3H3. The minimum atomic E-state index is 1.14. The maximum absolute atomic E-state index is 3.74. The second kappa shape index (κ2) is 5.30. The highest BCUT2D eigenvalue weighted by molar-refractivity contribution is 4.95. The fourth-order valence-corrected chi connectivity index (χ4v) is 0.655. The Morgan fingerprint density at radius 1 is 1.40 bits per heavy atom. The van der Waals surface area contributed by atoms with E-state index in [1.165, 1.54) is 18.5 Å². The molecule has 0 aromatic carbocycles. The van der Waals surface area contributed by atoms with Crippen molar-refractivity contribution in [2.45, 2.75) is 12.8 Å². The van der Waals surface area contributed by atoms with Gasteiger partial charge in [-0.1, -0.05) is 6.58 Å². The Morgan fingerprint density at radius 3 is 2.00 bits per heavy atom. The fourth-order valence-electron chi connectivity index (χ4n) is 0.655. The highest BCUT2D eigenvalue weighted by Crippen LogP contribution is 2.03. The van der Waals surface area contributed by atoms with Crippen LogP contribution in [0.4, 0.5) is 0 Å². The molecule has 1 fully saturated rings. The van der Waals surface area contributed by atoms with Crippen LogP contribution in [0.15, 0.2) is 12.3 Å². The molecule has 0 atom stereocenters. The molecule has 0 amide bonds. The van der Waals surface area contributed by atoms with Gasteiger partial charge in [0, 0.05) is 12.2 Å². The third-order valence-electron chi connectivity index (χ3n) is 1.03. The Morgan fingerprint density at radius 2 is 1.90 bits per heavy atom. The average molecular weight is 142 g/mol. The predicted molar refractivity (Wildman–Crippen MR) is 46.0 cm³/mol. The maximum atomic E-state index is 3.74. The van der Waals surface area contributed by atoms with Crippen LogP contribution >= 0.6 is 0 Å². The molecule has 0 unspecified atom stereocenters. The van der Waals surface area contributed by atoms with Crippen LogP contribution in [0.2, 0.25) is 0 Å². The molecular weight excluding hydrogens is 124 g/mol. The van der Waals surface area contributed by atoms with Crippen molar-refractivity contribution in [3.63, 3.8) is 0 Å². The molecule has 60 valence electrons. The van der Waals surface area contributed by atoms with Gasteiger partial charge in [-0.2, -0.15) is 0 Å². The zero-order valence-electron chi connectivity index (χ0n) is 7.28. The summed E-state index contributed by atoms with van der Waals surface area (Å²) in [6.07, 6.45) is 2.46. The van der Waals surface area contributed by atoms with E-state index in [1.807, 2.05) is 26.0 Å². The Hall–Kier alpha value is -0.500. The van der Waals surface area contributed by atoms with E-state index in [2.05, 4.69) is 11.9 Å². The Kier molecular flexibility index (Phi) is 5.03. The van der Waals surface area contributed by atoms with Crippen molar-refractivity contribution in [1.29, 1.82) is 0 Å². The van der Waals surface area contributed by atoms with Crippen molar-refractivity contribution in [2.24, 2.45) is 0 Å². The minimum Gasteiger partial charge on any atom is -0.389 e. The highest BCUT2D eigenvalue weighted by Gasteiger charge is 1.98. The van der Waals surface area contributed by atoms with Crippen molar-refractivity contribution < 1.29 is 0 Å². The molecule has 0 aromatic heterocycles. The van der Waals surface area contributed by atoms with E-state index in [4.69, 9.17) is 0 Å². The first-order valence-electron chi connectivity index (χ1n) is 3.65. The second-order valence-corrected chi connectivity index (χ2v) is 2.98. The van der Waals surface area contributed by atoms with E-state index in [1.54, 1.807) is 0 Å². The molecule has 0 saturated carbocycles. The third kappa shape index (κ3) is 7.50. The van der Waals surface area contributed by atoms with Gasteiger partial charge in [-0.05, 0) is 34.0 Å². The average Bonchev–Trinajstić information content (AvgIpc) is 2.15. The lowest BCUT2D eigenvalue weighted by molar-refractivity contribution is 0.505. The molecule has 0 radical (unpaired) electrons. The van der Waals surface area contributed by atoms with Gasteiger partial charge in [-0.3, -0.25) is 0 Å². The summed E-state index contributed by atoms with van der Waals surface area (Å²) in [7, 11) is 6.00. The van der Waals surface area contributed by atoms with Crippen LogP contribution in [0.3, 0.4) is 0 Å². The van der Waals surface area contributed by atoms with Crippen LogP contribution in [-0.2, 0) is 0 Å². The molecule has 0 aliphatic carbocycles. The van der Waals surface area contributed by atoms with E-state index in [-0.39, 0.29) is 0 Å². The molecular formula is C8H18N2. The molecule has 0 bridgehead atoms. The zero-order chi connectivity index (χ0) is 7.98. The van der Waals surface area contributed by atoms with E-state index in [9.17, 15) is 0 Å². The van der Waals surface area contributed by atoms with Crippen LogP contribution in [0.5, 0.6) is 0 Å². The largest absolute Gasteiger partial charge is 0.389 e. The second-order valence-electron chi connectivity index (χ2n) is 2.98. The zero-order valence-corrected chi connectivity index (χ0v) is 7.28. The molecule has 1 aliphatic heterocycles. The first-order chi connectivity index (χ1) is 4.63. The van der Waals surface area contributed by atoms with Crippen LogP contribution < -0.4 is 5.32 Å². The molecule has 10 heavy (non-hydrogen) atoms. The summed E-state index contributed by atoms with van der Waals surface area (Å²) in [5.74, 6) is 0. The molecule has 0 spiro atoms. The molecule has 2 nitrogen and oxygen atoms in total. The number of nitrogens with one attached hydrogen (secondary N) is 1. The number of nitrogens with zero attached hydrogens (tertiary/aromatic N) is 1. The lowest BCUT2D eigenvalue weighted by Gasteiger charge is -1.90. The van der Waals surface area contributed by atoms with E-state index in [0.29, 0.717) is 0 Å². The maximum Gasteiger partial charge on any atom is 0.0147 e. The van der Waals surface area contributed by atoms with Crippen molar-refractivity contribution >= 4 is 0 Å². The van der Waals surface area contributed by atoms with Crippen LogP contribution in [0.25, 0.3) is 0 Å². The van der Waals surface area contributed by atoms with Crippen molar-refractivity contribution in [1.82, 2.24) is 10.2 Å². The highest BCUT2D eigenvalue weighted by atomic mass is 15.0. The Balaban J connectivity index is 0.000000180.